The van der Waals surface area contributed by atoms with Crippen molar-refractivity contribution in [3.8, 4) is 33.5 Å². The van der Waals surface area contributed by atoms with Crippen LogP contribution >= 0.6 is 0 Å². The fourth-order valence-electron chi connectivity index (χ4n) is 7.92. The van der Waals surface area contributed by atoms with Crippen LogP contribution in [0, 0.1) is 0 Å². The van der Waals surface area contributed by atoms with Gasteiger partial charge in [0.25, 0.3) is 0 Å². The Hall–Kier alpha value is -6.85. The SMILES string of the molecule is c1ccc(-c2cccc(-c3ccccc3)c2B(c2cccc(-c3ccccn3)c2)c2ccc3c(c2)c2ncccc2c2nc4ccccc4n32)cc1. The van der Waals surface area contributed by atoms with Gasteiger partial charge in [-0.05, 0) is 70.3 Å². The van der Waals surface area contributed by atoms with Gasteiger partial charge in [0.15, 0.2) is 0 Å². The molecular weight excluding hydrogens is 631 g/mol. The highest BCUT2D eigenvalue weighted by Gasteiger charge is 2.29. The number of aromatic nitrogens is 4. The molecule has 4 heterocycles. The van der Waals surface area contributed by atoms with Crippen molar-refractivity contribution in [2.45, 2.75) is 0 Å². The van der Waals surface area contributed by atoms with E-state index < -0.39 is 0 Å². The Morgan fingerprint density at radius 2 is 1.12 bits per heavy atom. The summed E-state index contributed by atoms with van der Waals surface area (Å²) in [5, 5.41) is 2.12. The molecule has 0 bridgehead atoms. The summed E-state index contributed by atoms with van der Waals surface area (Å²) in [6.07, 6.45) is 3.75. The van der Waals surface area contributed by atoms with Crippen molar-refractivity contribution < 1.29 is 0 Å². The number of nitrogens with zero attached hydrogens (tertiary/aromatic N) is 4. The second-order valence-corrected chi connectivity index (χ2v) is 13.2. The van der Waals surface area contributed by atoms with Gasteiger partial charge in [-0.2, -0.15) is 0 Å². The Labute approximate surface area is 301 Å². The van der Waals surface area contributed by atoms with Gasteiger partial charge in [0.05, 0.1) is 27.8 Å². The van der Waals surface area contributed by atoms with Crippen molar-refractivity contribution in [3.05, 3.63) is 188 Å². The first-order valence-corrected chi connectivity index (χ1v) is 17.6. The molecule has 0 spiro atoms. The third-order valence-electron chi connectivity index (χ3n) is 10.2. The fourth-order valence-corrected chi connectivity index (χ4v) is 7.92. The van der Waals surface area contributed by atoms with Crippen molar-refractivity contribution in [3.63, 3.8) is 0 Å². The van der Waals surface area contributed by atoms with E-state index in [1.54, 1.807) is 0 Å². The molecule has 0 fully saturated rings. The maximum atomic E-state index is 5.09. The quantitative estimate of drug-likeness (QED) is 0.132. The number of imidazole rings is 1. The summed E-state index contributed by atoms with van der Waals surface area (Å²) in [6.45, 7) is -0.131. The molecule has 0 aliphatic carbocycles. The zero-order chi connectivity index (χ0) is 34.4. The monoisotopic (exact) mass is 662 g/mol. The summed E-state index contributed by atoms with van der Waals surface area (Å²) in [6, 6.07) is 62.7. The first-order valence-electron chi connectivity index (χ1n) is 17.6. The summed E-state index contributed by atoms with van der Waals surface area (Å²) >= 11 is 0. The molecule has 4 nitrogen and oxygen atoms in total. The minimum atomic E-state index is -0.131. The number of fused-ring (bicyclic) bond motifs is 8. The fraction of sp³-hybridized carbons (Fsp3) is 0. The van der Waals surface area contributed by atoms with Crippen LogP contribution in [0.3, 0.4) is 0 Å². The molecule has 242 valence electrons. The zero-order valence-electron chi connectivity index (χ0n) is 28.3. The van der Waals surface area contributed by atoms with Crippen LogP contribution < -0.4 is 16.4 Å². The van der Waals surface area contributed by atoms with Crippen molar-refractivity contribution in [1.29, 1.82) is 0 Å². The average Bonchev–Trinajstić information content (AvgIpc) is 3.62. The highest BCUT2D eigenvalue weighted by molar-refractivity contribution is 6.97. The molecule has 6 aromatic carbocycles. The molecule has 0 saturated heterocycles. The molecule has 0 saturated carbocycles. The van der Waals surface area contributed by atoms with Crippen molar-refractivity contribution in [2.24, 2.45) is 0 Å². The molecule has 0 N–H and O–H groups in total. The van der Waals surface area contributed by atoms with E-state index >= 15 is 0 Å². The third-order valence-corrected chi connectivity index (χ3v) is 10.2. The van der Waals surface area contributed by atoms with E-state index in [1.807, 2.05) is 36.7 Å². The van der Waals surface area contributed by atoms with Crippen LogP contribution in [0.2, 0.25) is 0 Å². The van der Waals surface area contributed by atoms with Crippen LogP contribution in [0.25, 0.3) is 72.0 Å². The number of benzene rings is 6. The average molecular weight is 663 g/mol. The second kappa shape index (κ2) is 12.5. The Balaban J connectivity index is 1.32. The Bertz CT molecular complexity index is 2850. The van der Waals surface area contributed by atoms with Crippen LogP contribution in [0.5, 0.6) is 0 Å². The molecule has 0 aliphatic rings. The normalized spacial score (nSPS) is 11.5. The van der Waals surface area contributed by atoms with Crippen LogP contribution in [0.1, 0.15) is 0 Å². The van der Waals surface area contributed by atoms with E-state index in [0.29, 0.717) is 0 Å². The lowest BCUT2D eigenvalue weighted by atomic mass is 9.35. The highest BCUT2D eigenvalue weighted by atomic mass is 15.0. The summed E-state index contributed by atoms with van der Waals surface area (Å²) in [5.74, 6) is 0. The van der Waals surface area contributed by atoms with E-state index in [9.17, 15) is 0 Å². The van der Waals surface area contributed by atoms with Gasteiger partial charge >= 0.3 is 0 Å². The standard InChI is InChI=1S/C47H31BN4/c1-3-14-32(15-4-1)37-20-12-21-38(33-16-5-2-6-17-33)45(37)48(35-19-11-18-34(30-35)41-23-9-10-28-49-41)36-26-27-43-40(31-36)46-39(22-13-29-50-46)47-51-42-24-7-8-25-44(42)52(43)47/h1-31H. The Kier molecular flexibility index (Phi) is 7.21. The first kappa shape index (κ1) is 30.0. The number of hydrogen-bond acceptors (Lipinski definition) is 3. The van der Waals surface area contributed by atoms with Crippen LogP contribution in [-0.2, 0) is 0 Å². The van der Waals surface area contributed by atoms with Gasteiger partial charge < -0.3 is 0 Å². The van der Waals surface area contributed by atoms with Crippen molar-refractivity contribution in [1.82, 2.24) is 19.4 Å². The maximum Gasteiger partial charge on any atom is 0.242 e. The summed E-state index contributed by atoms with van der Waals surface area (Å²) in [7, 11) is 0. The second-order valence-electron chi connectivity index (χ2n) is 13.2. The minimum Gasteiger partial charge on any atom is -0.292 e. The van der Waals surface area contributed by atoms with Crippen LogP contribution in [-0.4, -0.2) is 26.1 Å². The summed E-state index contributed by atoms with van der Waals surface area (Å²) in [4.78, 5) is 14.8. The first-order chi connectivity index (χ1) is 25.8. The molecule has 10 aromatic rings. The van der Waals surface area contributed by atoms with Crippen LogP contribution in [0.15, 0.2) is 188 Å². The van der Waals surface area contributed by atoms with E-state index in [2.05, 4.69) is 156 Å². The lowest BCUT2D eigenvalue weighted by Crippen LogP contribution is -2.53. The number of hydrogen-bond donors (Lipinski definition) is 0. The molecule has 10 rings (SSSR count). The smallest absolute Gasteiger partial charge is 0.242 e. The molecule has 5 heteroatoms. The Morgan fingerprint density at radius 1 is 0.442 bits per heavy atom. The van der Waals surface area contributed by atoms with Gasteiger partial charge in [0.2, 0.25) is 6.71 Å². The van der Waals surface area contributed by atoms with E-state index in [4.69, 9.17) is 15.0 Å². The topological polar surface area (TPSA) is 43.1 Å². The van der Waals surface area contributed by atoms with Gasteiger partial charge in [-0.15, -0.1) is 0 Å². The van der Waals surface area contributed by atoms with Gasteiger partial charge in [0, 0.05) is 23.2 Å². The molecule has 0 amide bonds. The van der Waals surface area contributed by atoms with Gasteiger partial charge in [-0.1, -0.05) is 150 Å². The molecule has 0 unspecified atom stereocenters. The Morgan fingerprint density at radius 3 is 1.88 bits per heavy atom. The highest BCUT2D eigenvalue weighted by Crippen LogP contribution is 2.32. The molecule has 0 radical (unpaired) electrons. The number of pyridine rings is 3. The molecule has 4 aromatic heterocycles. The lowest BCUT2D eigenvalue weighted by molar-refractivity contribution is 1.30. The molecule has 0 atom stereocenters. The molecule has 0 aliphatic heterocycles. The van der Waals surface area contributed by atoms with Gasteiger partial charge in [-0.25, -0.2) is 4.98 Å². The maximum absolute atomic E-state index is 5.09. The van der Waals surface area contributed by atoms with E-state index in [-0.39, 0.29) is 6.71 Å². The lowest BCUT2D eigenvalue weighted by Gasteiger charge is -2.24. The third kappa shape index (κ3) is 4.98. The van der Waals surface area contributed by atoms with E-state index in [1.165, 1.54) is 38.6 Å². The molecular formula is C47H31BN4. The predicted molar refractivity (Wildman–Crippen MR) is 217 cm³/mol. The van der Waals surface area contributed by atoms with Crippen molar-refractivity contribution in [2.75, 3.05) is 0 Å². The van der Waals surface area contributed by atoms with Crippen molar-refractivity contribution >= 4 is 61.6 Å². The summed E-state index contributed by atoms with van der Waals surface area (Å²) < 4.78 is 2.29. The molecule has 52 heavy (non-hydrogen) atoms. The predicted octanol–water partition coefficient (Wildman–Crippen LogP) is 9.10. The zero-order valence-corrected chi connectivity index (χ0v) is 28.3. The van der Waals surface area contributed by atoms with Crippen LogP contribution in [0.4, 0.5) is 0 Å². The van der Waals surface area contributed by atoms with Gasteiger partial charge in [-0.3, -0.25) is 14.4 Å². The van der Waals surface area contributed by atoms with E-state index in [0.717, 1.165) is 49.7 Å². The number of para-hydroxylation sites is 2. The summed E-state index contributed by atoms with van der Waals surface area (Å²) in [5.41, 5.74) is 15.4. The van der Waals surface area contributed by atoms with Gasteiger partial charge in [0.1, 0.15) is 5.65 Å². The minimum absolute atomic E-state index is 0.131. The largest absolute Gasteiger partial charge is 0.292 e. The number of rotatable bonds is 6.